The van der Waals surface area contributed by atoms with Crippen LogP contribution in [0.4, 0.5) is 5.69 Å². The Kier molecular flexibility index (Phi) is 7.00. The number of hydrogen-bond acceptors (Lipinski definition) is 5. The van der Waals surface area contributed by atoms with Crippen LogP contribution in [0.15, 0.2) is 54.6 Å². The third-order valence-electron chi connectivity index (χ3n) is 4.54. The quantitative estimate of drug-likeness (QED) is 0.687. The van der Waals surface area contributed by atoms with Gasteiger partial charge in [-0.2, -0.15) is 0 Å². The van der Waals surface area contributed by atoms with Gasteiger partial charge in [0.2, 0.25) is 5.91 Å². The minimum atomic E-state index is -3.64. The van der Waals surface area contributed by atoms with Crippen molar-refractivity contribution in [1.29, 1.82) is 0 Å². The van der Waals surface area contributed by atoms with E-state index in [4.69, 9.17) is 4.74 Å². The number of ether oxygens (including phenoxy) is 1. The van der Waals surface area contributed by atoms with E-state index < -0.39 is 21.5 Å². The summed E-state index contributed by atoms with van der Waals surface area (Å²) in [6, 6.07) is 15.2. The largest absolute Gasteiger partial charge is 0.376 e. The predicted octanol–water partition coefficient (Wildman–Crippen LogP) is 2.15. The van der Waals surface area contributed by atoms with Gasteiger partial charge >= 0.3 is 0 Å². The molecule has 1 heterocycles. The Bertz CT molecular complexity index is 954. The first-order valence-corrected chi connectivity index (χ1v) is 11.3. The molecule has 2 N–H and O–H groups in total. The molecule has 1 aliphatic heterocycles. The number of rotatable bonds is 8. The van der Waals surface area contributed by atoms with E-state index in [-0.39, 0.29) is 29.0 Å². The molecule has 154 valence electrons. The molecule has 1 saturated heterocycles. The maximum absolute atomic E-state index is 12.5. The van der Waals surface area contributed by atoms with Crippen molar-refractivity contribution in [2.24, 2.45) is 0 Å². The van der Waals surface area contributed by atoms with Crippen molar-refractivity contribution in [2.45, 2.75) is 24.7 Å². The topological polar surface area (TPSA) is 102 Å². The standard InChI is InChI=1S/C21H24N2O5S/c24-20(15-29(26,27)14-16-7-2-1-3-8-16)23-19-11-5-4-10-18(19)21(25)22-13-17-9-6-12-28-17/h1-5,7-8,10-11,17H,6,9,12-15H2,(H,22,25)(H,23,24)/t17-/m1/s1. The highest BCUT2D eigenvalue weighted by atomic mass is 32.2. The Morgan fingerprint density at radius 3 is 2.48 bits per heavy atom. The Morgan fingerprint density at radius 2 is 1.76 bits per heavy atom. The molecule has 0 bridgehead atoms. The van der Waals surface area contributed by atoms with Crippen molar-refractivity contribution in [1.82, 2.24) is 5.32 Å². The number of carbonyl (C=O) groups is 2. The van der Waals surface area contributed by atoms with E-state index in [0.717, 1.165) is 12.8 Å². The van der Waals surface area contributed by atoms with E-state index in [9.17, 15) is 18.0 Å². The molecule has 1 fully saturated rings. The molecular formula is C21H24N2O5S. The summed E-state index contributed by atoms with van der Waals surface area (Å²) < 4.78 is 30.1. The maximum atomic E-state index is 12.5. The van der Waals surface area contributed by atoms with Gasteiger partial charge in [-0.1, -0.05) is 42.5 Å². The minimum Gasteiger partial charge on any atom is -0.376 e. The minimum absolute atomic E-state index is 0.00355. The molecule has 0 unspecified atom stereocenters. The van der Waals surface area contributed by atoms with Crippen LogP contribution >= 0.6 is 0 Å². The summed E-state index contributed by atoms with van der Waals surface area (Å²) in [7, 11) is -3.64. The van der Waals surface area contributed by atoms with Gasteiger partial charge in [0.1, 0.15) is 5.75 Å². The number of nitrogens with one attached hydrogen (secondary N) is 2. The van der Waals surface area contributed by atoms with Crippen LogP contribution in [0.25, 0.3) is 0 Å². The van der Waals surface area contributed by atoms with E-state index in [1.54, 1.807) is 54.6 Å². The van der Waals surface area contributed by atoms with Gasteiger partial charge in [0.15, 0.2) is 9.84 Å². The monoisotopic (exact) mass is 416 g/mol. The molecule has 2 aromatic carbocycles. The second-order valence-corrected chi connectivity index (χ2v) is 9.02. The summed E-state index contributed by atoms with van der Waals surface area (Å²) in [5, 5.41) is 5.35. The second kappa shape index (κ2) is 9.67. The SMILES string of the molecule is O=C(CS(=O)(=O)Cc1ccccc1)Nc1ccccc1C(=O)NC[C@H]1CCCO1. The van der Waals surface area contributed by atoms with E-state index >= 15 is 0 Å². The molecule has 0 spiro atoms. The van der Waals surface area contributed by atoms with Gasteiger partial charge in [-0.3, -0.25) is 9.59 Å². The number of hydrogen-bond donors (Lipinski definition) is 2. The third-order valence-corrected chi connectivity index (χ3v) is 6.02. The Hall–Kier alpha value is -2.71. The Morgan fingerprint density at radius 1 is 1.03 bits per heavy atom. The van der Waals surface area contributed by atoms with E-state index in [2.05, 4.69) is 10.6 Å². The highest BCUT2D eigenvalue weighted by Crippen LogP contribution is 2.16. The average Bonchev–Trinajstić information content (AvgIpc) is 3.20. The zero-order chi connectivity index (χ0) is 20.7. The van der Waals surface area contributed by atoms with Crippen LogP contribution < -0.4 is 10.6 Å². The lowest BCUT2D eigenvalue weighted by Crippen LogP contribution is -2.32. The van der Waals surface area contributed by atoms with Crippen LogP contribution in [0.1, 0.15) is 28.8 Å². The summed E-state index contributed by atoms with van der Waals surface area (Å²) >= 11 is 0. The normalized spacial score (nSPS) is 16.3. The maximum Gasteiger partial charge on any atom is 0.253 e. The Balaban J connectivity index is 1.60. The van der Waals surface area contributed by atoms with E-state index in [0.29, 0.717) is 18.7 Å². The van der Waals surface area contributed by atoms with E-state index in [1.807, 2.05) is 0 Å². The molecular weight excluding hydrogens is 392 g/mol. The summed E-state index contributed by atoms with van der Waals surface area (Å²) in [5.41, 5.74) is 1.17. The Labute approximate surface area is 170 Å². The number of anilines is 1. The van der Waals surface area contributed by atoms with Gasteiger partial charge in [0.05, 0.1) is 23.1 Å². The first kappa shape index (κ1) is 21.0. The smallest absolute Gasteiger partial charge is 0.253 e. The number of amides is 2. The van der Waals surface area contributed by atoms with Crippen molar-refractivity contribution in [2.75, 3.05) is 24.2 Å². The molecule has 29 heavy (non-hydrogen) atoms. The van der Waals surface area contributed by atoms with Crippen molar-refractivity contribution in [3.63, 3.8) is 0 Å². The molecule has 3 rings (SSSR count). The molecule has 8 heteroatoms. The molecule has 2 amide bonds. The van der Waals surface area contributed by atoms with Crippen molar-refractivity contribution in [3.05, 3.63) is 65.7 Å². The molecule has 7 nitrogen and oxygen atoms in total. The van der Waals surface area contributed by atoms with Gasteiger partial charge < -0.3 is 15.4 Å². The van der Waals surface area contributed by atoms with Crippen molar-refractivity contribution >= 4 is 27.3 Å². The highest BCUT2D eigenvalue weighted by Gasteiger charge is 2.21. The van der Waals surface area contributed by atoms with Gasteiger partial charge in [0, 0.05) is 13.2 Å². The van der Waals surface area contributed by atoms with Gasteiger partial charge in [-0.15, -0.1) is 0 Å². The zero-order valence-electron chi connectivity index (χ0n) is 16.0. The number of benzene rings is 2. The van der Waals surface area contributed by atoms with Gasteiger partial charge in [-0.25, -0.2) is 8.42 Å². The van der Waals surface area contributed by atoms with Gasteiger partial charge in [-0.05, 0) is 30.5 Å². The first-order chi connectivity index (χ1) is 13.9. The summed E-state index contributed by atoms with van der Waals surface area (Å²) in [6.07, 6.45) is 1.88. The molecule has 0 saturated carbocycles. The second-order valence-electron chi connectivity index (χ2n) is 6.96. The molecule has 1 aliphatic rings. The zero-order valence-corrected chi connectivity index (χ0v) is 16.8. The fourth-order valence-corrected chi connectivity index (χ4v) is 4.44. The van der Waals surface area contributed by atoms with E-state index in [1.165, 1.54) is 0 Å². The molecule has 1 atom stereocenters. The fraction of sp³-hybridized carbons (Fsp3) is 0.333. The number of para-hydroxylation sites is 1. The lowest BCUT2D eigenvalue weighted by molar-refractivity contribution is -0.113. The summed E-state index contributed by atoms with van der Waals surface area (Å²) in [6.45, 7) is 1.09. The number of carbonyl (C=O) groups excluding carboxylic acids is 2. The lowest BCUT2D eigenvalue weighted by atomic mass is 10.1. The van der Waals surface area contributed by atoms with Crippen LogP contribution in [0.5, 0.6) is 0 Å². The number of sulfone groups is 1. The van der Waals surface area contributed by atoms with Gasteiger partial charge in [0.25, 0.3) is 5.91 Å². The highest BCUT2D eigenvalue weighted by molar-refractivity contribution is 7.91. The predicted molar refractivity (Wildman–Crippen MR) is 110 cm³/mol. The van der Waals surface area contributed by atoms with Crippen LogP contribution in [0.3, 0.4) is 0 Å². The molecule has 2 aromatic rings. The third kappa shape index (κ3) is 6.40. The average molecular weight is 416 g/mol. The van der Waals surface area contributed by atoms with Crippen LogP contribution in [-0.4, -0.2) is 45.2 Å². The van der Waals surface area contributed by atoms with Crippen molar-refractivity contribution < 1.29 is 22.7 Å². The van der Waals surface area contributed by atoms with Crippen molar-refractivity contribution in [3.8, 4) is 0 Å². The molecule has 0 radical (unpaired) electrons. The molecule has 0 aliphatic carbocycles. The first-order valence-electron chi connectivity index (χ1n) is 9.46. The van der Waals surface area contributed by atoms with Crippen LogP contribution in [-0.2, 0) is 25.1 Å². The van der Waals surface area contributed by atoms with Crippen LogP contribution in [0.2, 0.25) is 0 Å². The van der Waals surface area contributed by atoms with Crippen LogP contribution in [0, 0.1) is 0 Å². The summed E-state index contributed by atoms with van der Waals surface area (Å²) in [4.78, 5) is 24.8. The molecule has 0 aromatic heterocycles. The lowest BCUT2D eigenvalue weighted by Gasteiger charge is -2.14. The summed E-state index contributed by atoms with van der Waals surface area (Å²) in [5.74, 6) is -1.90. The fourth-order valence-electron chi connectivity index (χ4n) is 3.16.